The number of alkyl carbamates (subject to hydrolysis) is 2. The van der Waals surface area contributed by atoms with Crippen LogP contribution in [-0.2, 0) is 30.4 Å². The number of hydrogen-bond acceptors (Lipinski definition) is 10. The summed E-state index contributed by atoms with van der Waals surface area (Å²) in [4.78, 5) is 73.8. The fourth-order valence-electron chi connectivity index (χ4n) is 10.0. The summed E-state index contributed by atoms with van der Waals surface area (Å²) < 4.78 is 21.8. The van der Waals surface area contributed by atoms with Gasteiger partial charge in [0.2, 0.25) is 5.91 Å². The highest BCUT2D eigenvalue weighted by molar-refractivity contribution is 6.07. The lowest BCUT2D eigenvalue weighted by Crippen LogP contribution is -2.53. The summed E-state index contributed by atoms with van der Waals surface area (Å²) in [7, 11) is 4.22. The molecule has 66 heavy (non-hydrogen) atoms. The van der Waals surface area contributed by atoms with E-state index in [-0.39, 0.29) is 41.7 Å². The van der Waals surface area contributed by atoms with Gasteiger partial charge in [0.15, 0.2) is 0 Å². The van der Waals surface area contributed by atoms with Crippen molar-refractivity contribution in [1.82, 2.24) is 40.4 Å². The predicted octanol–water partition coefficient (Wildman–Crippen LogP) is 7.98. The van der Waals surface area contributed by atoms with Crippen LogP contribution in [0.4, 0.5) is 9.59 Å². The molecule has 4 aromatic carbocycles. The zero-order valence-corrected chi connectivity index (χ0v) is 38.2. The van der Waals surface area contributed by atoms with Gasteiger partial charge in [-0.25, -0.2) is 19.6 Å². The topological polar surface area (TPSA) is 193 Å². The van der Waals surface area contributed by atoms with Gasteiger partial charge in [-0.05, 0) is 83.5 Å². The van der Waals surface area contributed by atoms with E-state index in [4.69, 9.17) is 28.9 Å². The Bertz CT molecular complexity index is 2810. The number of nitrogens with one attached hydrogen (secondary N) is 4. The molecule has 6 aromatic rings. The molecule has 0 radical (unpaired) electrons. The fourth-order valence-corrected chi connectivity index (χ4v) is 10.0. The molecule has 2 saturated heterocycles. The van der Waals surface area contributed by atoms with E-state index in [1.807, 2.05) is 74.3 Å². The van der Waals surface area contributed by atoms with Gasteiger partial charge in [-0.15, -0.1) is 0 Å². The summed E-state index contributed by atoms with van der Waals surface area (Å²) in [6.45, 7) is 9.25. The molecule has 3 aliphatic rings. The maximum atomic E-state index is 14.4. The standard InChI is InChI=1S/C50H56N8O8/c1-26(2)42(55-49(61)64-6)48(60)58-28(4)27(3)17-40(58)45-51-22-38(53-45)32-13-15-34-33(19-32)25-66-41-21-35-31(20-36(34)41)14-16-37-44(35)54-46(52-37)39-18-29(24-63-5)23-57(39)47(59)43(56-50(62)65-7)30-11-9-8-10-12-30/h8-16,19-22,26-29,39-40,42-43H,17-18,23-25H2,1-7H3,(H,51,53)(H,52,54)(H,55,61)(H,56,62)/t27-,28-,29+,39+,40+,42+,43-/m1/s1. The van der Waals surface area contributed by atoms with Crippen LogP contribution in [0.5, 0.6) is 5.75 Å². The van der Waals surface area contributed by atoms with Gasteiger partial charge >= 0.3 is 12.2 Å². The van der Waals surface area contributed by atoms with E-state index in [2.05, 4.69) is 57.9 Å². The minimum absolute atomic E-state index is 0.0569. The first kappa shape index (κ1) is 44.3. The summed E-state index contributed by atoms with van der Waals surface area (Å²) in [5.41, 5.74) is 7.08. The van der Waals surface area contributed by atoms with E-state index < -0.39 is 30.3 Å². The SMILES string of the molecule is COC[C@H]1C[C@@H](c2nc3c(ccc4cc5c(cc43)OCc3cc(-c4cnc([C@@H]6C[C@@H](C)[C@@H](C)N6C(=O)[C@@H](NC(=O)OC)C(C)C)[nH]4)ccc3-5)[nH]2)N(C(=O)[C@H](NC(=O)OC)c2ccccc2)C1. The molecule has 5 heterocycles. The Morgan fingerprint density at radius 2 is 1.62 bits per heavy atom. The summed E-state index contributed by atoms with van der Waals surface area (Å²) >= 11 is 0. The largest absolute Gasteiger partial charge is 0.488 e. The van der Waals surface area contributed by atoms with E-state index in [1.165, 1.54) is 14.2 Å². The van der Waals surface area contributed by atoms with Crippen molar-refractivity contribution in [1.29, 1.82) is 0 Å². The van der Waals surface area contributed by atoms with Crippen molar-refractivity contribution < 1.29 is 38.1 Å². The zero-order chi connectivity index (χ0) is 46.4. The van der Waals surface area contributed by atoms with Crippen LogP contribution in [0.2, 0.25) is 0 Å². The lowest BCUT2D eigenvalue weighted by Gasteiger charge is -2.33. The first-order chi connectivity index (χ1) is 31.9. The van der Waals surface area contributed by atoms with Crippen LogP contribution in [-0.4, -0.2) is 100 Å². The maximum Gasteiger partial charge on any atom is 0.407 e. The van der Waals surface area contributed by atoms with E-state index in [0.29, 0.717) is 43.4 Å². The average molecular weight is 897 g/mol. The van der Waals surface area contributed by atoms with E-state index in [0.717, 1.165) is 61.9 Å². The van der Waals surface area contributed by atoms with Crippen LogP contribution in [0.1, 0.15) is 81.4 Å². The number of aromatic nitrogens is 4. The molecule has 0 spiro atoms. The highest BCUT2D eigenvalue weighted by Gasteiger charge is 2.45. The normalized spacial score (nSPS) is 21.0. The van der Waals surface area contributed by atoms with Crippen molar-refractivity contribution in [2.75, 3.05) is 34.5 Å². The molecular weight excluding hydrogens is 841 g/mol. The Labute approximate surface area is 382 Å². The zero-order valence-electron chi connectivity index (χ0n) is 38.2. The predicted molar refractivity (Wildman–Crippen MR) is 247 cm³/mol. The van der Waals surface area contributed by atoms with Crippen molar-refractivity contribution in [2.45, 2.75) is 77.4 Å². The van der Waals surface area contributed by atoms with Crippen LogP contribution in [0.3, 0.4) is 0 Å². The fraction of sp³-hybridized carbons (Fsp3) is 0.400. The molecule has 2 aromatic heterocycles. The monoisotopic (exact) mass is 896 g/mol. The van der Waals surface area contributed by atoms with Gasteiger partial charge in [0.25, 0.3) is 5.91 Å². The Morgan fingerprint density at radius 3 is 2.36 bits per heavy atom. The van der Waals surface area contributed by atoms with Crippen LogP contribution in [0.25, 0.3) is 44.2 Å². The molecule has 344 valence electrons. The molecule has 0 saturated carbocycles. The lowest BCUT2D eigenvalue weighted by atomic mass is 9.92. The van der Waals surface area contributed by atoms with Gasteiger partial charge in [0.1, 0.15) is 36.1 Å². The van der Waals surface area contributed by atoms with Gasteiger partial charge in [0, 0.05) is 36.6 Å². The minimum atomic E-state index is -0.956. The average Bonchev–Trinajstić information content (AvgIpc) is 4.15. The molecule has 16 nitrogen and oxygen atoms in total. The molecule has 7 atom stereocenters. The molecule has 4 N–H and O–H groups in total. The van der Waals surface area contributed by atoms with Crippen LogP contribution >= 0.6 is 0 Å². The van der Waals surface area contributed by atoms with Gasteiger partial charge in [-0.3, -0.25) is 9.59 Å². The highest BCUT2D eigenvalue weighted by atomic mass is 16.5. The summed E-state index contributed by atoms with van der Waals surface area (Å²) in [5, 5.41) is 7.40. The number of likely N-dealkylation sites (tertiary alicyclic amines) is 2. The van der Waals surface area contributed by atoms with Crippen molar-refractivity contribution in [3.05, 3.63) is 102 Å². The number of H-pyrrole nitrogens is 2. The number of imidazole rings is 2. The second-order valence-corrected chi connectivity index (χ2v) is 18.1. The number of aromatic amines is 2. The third kappa shape index (κ3) is 8.18. The number of carbonyl (C=O) groups is 4. The molecule has 0 aliphatic carbocycles. The summed E-state index contributed by atoms with van der Waals surface area (Å²) in [5.74, 6) is 1.81. The first-order valence-electron chi connectivity index (χ1n) is 22.5. The number of carbonyl (C=O) groups excluding carboxylic acids is 4. The van der Waals surface area contributed by atoms with E-state index >= 15 is 0 Å². The Balaban J connectivity index is 0.986. The van der Waals surface area contributed by atoms with Crippen molar-refractivity contribution >= 4 is 45.8 Å². The third-order valence-corrected chi connectivity index (χ3v) is 13.6. The highest BCUT2D eigenvalue weighted by Crippen LogP contribution is 2.45. The molecule has 2 fully saturated rings. The molecule has 9 rings (SSSR count). The number of hydrogen-bond donors (Lipinski definition) is 4. The summed E-state index contributed by atoms with van der Waals surface area (Å²) in [6, 6.07) is 21.3. The van der Waals surface area contributed by atoms with Gasteiger partial charge in [0.05, 0.1) is 55.8 Å². The minimum Gasteiger partial charge on any atom is -0.488 e. The van der Waals surface area contributed by atoms with Crippen LogP contribution in [0, 0.1) is 17.8 Å². The van der Waals surface area contributed by atoms with E-state index in [1.54, 1.807) is 12.0 Å². The van der Waals surface area contributed by atoms with E-state index in [9.17, 15) is 19.2 Å². The van der Waals surface area contributed by atoms with Gasteiger partial charge in [-0.2, -0.15) is 0 Å². The maximum absolute atomic E-state index is 14.4. The Kier molecular flexibility index (Phi) is 12.2. The lowest BCUT2D eigenvalue weighted by molar-refractivity contribution is -0.137. The number of fused-ring (bicyclic) bond motifs is 6. The van der Waals surface area contributed by atoms with Gasteiger partial charge in [-0.1, -0.05) is 69.3 Å². The summed E-state index contributed by atoms with van der Waals surface area (Å²) in [6.07, 6.45) is 1.84. The second-order valence-electron chi connectivity index (χ2n) is 18.1. The number of benzene rings is 4. The Morgan fingerprint density at radius 1 is 0.848 bits per heavy atom. The molecule has 4 amide bonds. The number of rotatable bonds is 11. The third-order valence-electron chi connectivity index (χ3n) is 13.6. The van der Waals surface area contributed by atoms with Crippen LogP contribution in [0.15, 0.2) is 79.0 Å². The molecule has 0 bridgehead atoms. The number of nitrogens with zero attached hydrogens (tertiary/aromatic N) is 4. The van der Waals surface area contributed by atoms with Gasteiger partial charge < -0.3 is 49.3 Å². The second kappa shape index (κ2) is 18.1. The molecular formula is C50H56N8O8. The molecule has 16 heteroatoms. The number of methoxy groups -OCH3 is 3. The van der Waals surface area contributed by atoms with Crippen molar-refractivity contribution in [2.24, 2.45) is 17.8 Å². The Hall–Kier alpha value is -6.94. The van der Waals surface area contributed by atoms with Crippen molar-refractivity contribution in [3.63, 3.8) is 0 Å². The molecule has 0 unspecified atom stereocenters. The smallest absolute Gasteiger partial charge is 0.407 e. The molecule has 3 aliphatic heterocycles. The van der Waals surface area contributed by atoms with Crippen molar-refractivity contribution in [3.8, 4) is 28.1 Å². The first-order valence-corrected chi connectivity index (χ1v) is 22.5. The quantitative estimate of drug-likeness (QED) is 0.0991. The number of ether oxygens (including phenoxy) is 4. The number of amides is 4. The van der Waals surface area contributed by atoms with Crippen LogP contribution < -0.4 is 15.4 Å².